The number of sulfone groups is 1. The lowest BCUT2D eigenvalue weighted by molar-refractivity contribution is 0.0797. The van der Waals surface area contributed by atoms with Crippen LogP contribution in [0.15, 0.2) is 59.8 Å². The maximum absolute atomic E-state index is 12.6. The third-order valence-corrected chi connectivity index (χ3v) is 8.35. The molecule has 1 atom stereocenters. The quantitative estimate of drug-likeness (QED) is 0.488. The Labute approximate surface area is 191 Å². The first kappa shape index (κ1) is 22.2. The van der Waals surface area contributed by atoms with Gasteiger partial charge < -0.3 is 4.74 Å². The lowest BCUT2D eigenvalue weighted by Crippen LogP contribution is -2.39. The van der Waals surface area contributed by atoms with E-state index < -0.39 is 9.84 Å². The lowest BCUT2D eigenvalue weighted by Gasteiger charge is -2.36. The Bertz CT molecular complexity index is 1100. The molecule has 3 aromatic rings. The zero-order chi connectivity index (χ0) is 21.8. The molecule has 1 aromatic heterocycles. The van der Waals surface area contributed by atoms with Crippen molar-refractivity contribution < 1.29 is 13.2 Å². The minimum atomic E-state index is -3.54. The first-order valence-electron chi connectivity index (χ1n) is 10.2. The van der Waals surface area contributed by atoms with Gasteiger partial charge in [0, 0.05) is 19.1 Å². The summed E-state index contributed by atoms with van der Waals surface area (Å²) in [4.78, 5) is 6.57. The van der Waals surface area contributed by atoms with Crippen molar-refractivity contribution >= 4 is 33.0 Å². The van der Waals surface area contributed by atoms with Crippen molar-refractivity contribution in [3.05, 3.63) is 70.5 Å². The Morgan fingerprint density at radius 3 is 2.58 bits per heavy atom. The van der Waals surface area contributed by atoms with Crippen LogP contribution in [0.1, 0.15) is 36.4 Å². The van der Waals surface area contributed by atoms with Gasteiger partial charge in [0.1, 0.15) is 28.9 Å². The predicted molar refractivity (Wildman–Crippen MR) is 122 cm³/mol. The molecule has 0 N–H and O–H groups in total. The molecule has 164 valence electrons. The van der Waals surface area contributed by atoms with Crippen LogP contribution >= 0.6 is 23.1 Å². The summed E-state index contributed by atoms with van der Waals surface area (Å²) in [5, 5.41) is 0.756. The number of hydrogen-bond donors (Lipinski definition) is 0. The second kappa shape index (κ2) is 9.65. The second-order valence-corrected chi connectivity index (χ2v) is 10.9. The van der Waals surface area contributed by atoms with E-state index in [1.54, 1.807) is 12.1 Å². The number of ether oxygens (including phenoxy) is 1. The van der Waals surface area contributed by atoms with Crippen LogP contribution in [-0.2, 0) is 15.6 Å². The number of benzene rings is 2. The highest BCUT2D eigenvalue weighted by atomic mass is 35.5. The maximum Gasteiger partial charge on any atom is 0.185 e. The van der Waals surface area contributed by atoms with Crippen LogP contribution in [0.2, 0.25) is 5.02 Å². The fraction of sp³-hybridized carbons (Fsp3) is 0.364. The highest BCUT2D eigenvalue weighted by Gasteiger charge is 2.25. The van der Waals surface area contributed by atoms with E-state index in [0.29, 0.717) is 21.8 Å². The topological polar surface area (TPSA) is 72.4 Å². The van der Waals surface area contributed by atoms with Gasteiger partial charge in [0.15, 0.2) is 9.84 Å². The van der Waals surface area contributed by atoms with Crippen molar-refractivity contribution in [1.29, 1.82) is 0 Å². The summed E-state index contributed by atoms with van der Waals surface area (Å²) in [6, 6.07) is 15.5. The number of hydrogen-bond acceptors (Lipinski definition) is 7. The fourth-order valence-corrected chi connectivity index (χ4v) is 6.19. The number of nitrogens with zero attached hydrogens (tertiary/aromatic N) is 3. The van der Waals surface area contributed by atoms with Crippen LogP contribution in [0.25, 0.3) is 0 Å². The summed E-state index contributed by atoms with van der Waals surface area (Å²) in [7, 11) is -3.54. The molecule has 1 saturated heterocycles. The van der Waals surface area contributed by atoms with E-state index in [1.807, 2.05) is 6.07 Å². The number of rotatable bonds is 7. The standard InChI is InChI=1S/C22H24ClN3O3S2/c1-16(17-5-3-2-4-6-17)26-11-9-18(10-12-26)29-21-8-7-19(13-20(21)23)31(27,28)14-22-24-15-25-30-22/h2-8,13,15-16,18H,9-12,14H2,1H3/t16-/m0/s1. The molecule has 0 amide bonds. The molecule has 6 nitrogen and oxygen atoms in total. The van der Waals surface area contributed by atoms with E-state index in [1.165, 1.54) is 18.0 Å². The van der Waals surface area contributed by atoms with Gasteiger partial charge >= 0.3 is 0 Å². The Balaban J connectivity index is 1.36. The summed E-state index contributed by atoms with van der Waals surface area (Å²) < 4.78 is 35.2. The first-order valence-corrected chi connectivity index (χ1v) is 13.0. The van der Waals surface area contributed by atoms with Crippen LogP contribution in [0, 0.1) is 0 Å². The van der Waals surface area contributed by atoms with Crippen molar-refractivity contribution in [1.82, 2.24) is 14.3 Å². The molecular weight excluding hydrogens is 454 g/mol. The average Bonchev–Trinajstić information content (AvgIpc) is 3.28. The number of aromatic nitrogens is 2. The third-order valence-electron chi connectivity index (χ3n) is 5.58. The predicted octanol–water partition coefficient (Wildman–Crippen LogP) is 4.77. The molecule has 0 unspecified atom stereocenters. The SMILES string of the molecule is C[C@@H](c1ccccc1)N1CCC(Oc2ccc(S(=O)(=O)Cc3ncns3)cc2Cl)CC1. The normalized spacial score (nSPS) is 16.8. The molecule has 0 saturated carbocycles. The highest BCUT2D eigenvalue weighted by Crippen LogP contribution is 2.32. The van der Waals surface area contributed by atoms with Gasteiger partial charge in [0.25, 0.3) is 0 Å². The van der Waals surface area contributed by atoms with Crippen molar-refractivity contribution in [2.24, 2.45) is 0 Å². The van der Waals surface area contributed by atoms with Crippen LogP contribution < -0.4 is 4.74 Å². The average molecular weight is 478 g/mol. The van der Waals surface area contributed by atoms with Crippen molar-refractivity contribution in [3.63, 3.8) is 0 Å². The Kier molecular flexibility index (Phi) is 6.91. The summed E-state index contributed by atoms with van der Waals surface area (Å²) in [6.07, 6.45) is 3.20. The summed E-state index contributed by atoms with van der Waals surface area (Å²) >= 11 is 7.44. The molecule has 0 aliphatic carbocycles. The summed E-state index contributed by atoms with van der Waals surface area (Å²) in [5.74, 6) is 0.331. The van der Waals surface area contributed by atoms with Crippen LogP contribution in [0.3, 0.4) is 0 Å². The Hall–Kier alpha value is -2.00. The van der Waals surface area contributed by atoms with Gasteiger partial charge in [-0.2, -0.15) is 4.37 Å². The molecule has 0 bridgehead atoms. The Morgan fingerprint density at radius 1 is 1.19 bits per heavy atom. The van der Waals surface area contributed by atoms with E-state index in [-0.39, 0.29) is 16.8 Å². The van der Waals surface area contributed by atoms with Crippen molar-refractivity contribution in [2.45, 2.75) is 42.6 Å². The number of piperidine rings is 1. The first-order chi connectivity index (χ1) is 14.9. The zero-order valence-corrected chi connectivity index (χ0v) is 19.5. The van der Waals surface area contributed by atoms with E-state index >= 15 is 0 Å². The lowest BCUT2D eigenvalue weighted by atomic mass is 10.0. The minimum absolute atomic E-state index is 0.0561. The zero-order valence-electron chi connectivity index (χ0n) is 17.1. The van der Waals surface area contributed by atoms with Crippen LogP contribution in [0.5, 0.6) is 5.75 Å². The van der Waals surface area contributed by atoms with Crippen LogP contribution in [0.4, 0.5) is 0 Å². The molecule has 1 aliphatic rings. The van der Waals surface area contributed by atoms with E-state index in [4.69, 9.17) is 16.3 Å². The van der Waals surface area contributed by atoms with Gasteiger partial charge in [-0.15, -0.1) is 0 Å². The smallest absolute Gasteiger partial charge is 0.185 e. The third kappa shape index (κ3) is 5.44. The van der Waals surface area contributed by atoms with Crippen molar-refractivity contribution in [2.75, 3.05) is 13.1 Å². The molecular formula is C22H24ClN3O3S2. The molecule has 0 radical (unpaired) electrons. The van der Waals surface area contributed by atoms with Gasteiger partial charge in [-0.25, -0.2) is 13.4 Å². The molecule has 1 aliphatic heterocycles. The molecule has 2 heterocycles. The van der Waals surface area contributed by atoms with Gasteiger partial charge in [-0.05, 0) is 55.1 Å². The maximum atomic E-state index is 12.6. The Morgan fingerprint density at radius 2 is 1.94 bits per heavy atom. The molecule has 1 fully saturated rings. The van der Waals surface area contributed by atoms with Gasteiger partial charge in [0.2, 0.25) is 0 Å². The van der Waals surface area contributed by atoms with E-state index in [2.05, 4.69) is 45.4 Å². The molecule has 31 heavy (non-hydrogen) atoms. The largest absolute Gasteiger partial charge is 0.489 e. The molecule has 4 rings (SSSR count). The van der Waals surface area contributed by atoms with Gasteiger partial charge in [-0.3, -0.25) is 4.90 Å². The highest BCUT2D eigenvalue weighted by molar-refractivity contribution is 7.90. The van der Waals surface area contributed by atoms with Crippen LogP contribution in [-0.4, -0.2) is 41.9 Å². The van der Waals surface area contributed by atoms with E-state index in [0.717, 1.165) is 37.5 Å². The fourth-order valence-electron chi connectivity index (χ4n) is 3.78. The molecule has 2 aromatic carbocycles. The molecule has 0 spiro atoms. The van der Waals surface area contributed by atoms with Gasteiger partial charge in [0.05, 0.1) is 9.92 Å². The summed E-state index contributed by atoms with van der Waals surface area (Å²) in [5.41, 5.74) is 1.32. The minimum Gasteiger partial charge on any atom is -0.489 e. The van der Waals surface area contributed by atoms with Gasteiger partial charge in [-0.1, -0.05) is 41.9 Å². The number of halogens is 1. The molecule has 9 heteroatoms. The van der Waals surface area contributed by atoms with E-state index in [9.17, 15) is 8.42 Å². The second-order valence-electron chi connectivity index (χ2n) is 7.63. The monoisotopic (exact) mass is 477 g/mol. The number of likely N-dealkylation sites (tertiary alicyclic amines) is 1. The summed E-state index contributed by atoms with van der Waals surface area (Å²) in [6.45, 7) is 4.10. The van der Waals surface area contributed by atoms with Crippen molar-refractivity contribution in [3.8, 4) is 5.75 Å².